The van der Waals surface area contributed by atoms with Crippen LogP contribution in [0.15, 0.2) is 0 Å². The first-order chi connectivity index (χ1) is 8.35. The SMILES string of the molecule is CC(C)(C)OC(=O)N(C(O)CO)C1CCCCC1. The number of hydrogen-bond donors (Lipinski definition) is 2. The molecule has 1 unspecified atom stereocenters. The Bertz CT molecular complexity index is 269. The molecule has 1 fully saturated rings. The average molecular weight is 259 g/mol. The van der Waals surface area contributed by atoms with Crippen LogP contribution in [-0.2, 0) is 4.74 Å². The van der Waals surface area contributed by atoms with Crippen LogP contribution in [0.3, 0.4) is 0 Å². The summed E-state index contributed by atoms with van der Waals surface area (Å²) in [5, 5.41) is 18.9. The standard InChI is InChI=1S/C13H25NO4/c1-13(2,3)18-12(17)14(11(16)9-15)10-7-5-4-6-8-10/h10-11,15-16H,4-9H2,1-3H3. The fraction of sp³-hybridized carbons (Fsp3) is 0.923. The second-order valence-corrected chi connectivity index (χ2v) is 5.84. The highest BCUT2D eigenvalue weighted by molar-refractivity contribution is 5.68. The highest BCUT2D eigenvalue weighted by Gasteiger charge is 2.33. The number of hydrogen-bond acceptors (Lipinski definition) is 4. The molecule has 5 nitrogen and oxygen atoms in total. The van der Waals surface area contributed by atoms with Crippen molar-refractivity contribution in [2.45, 2.75) is 70.7 Å². The third kappa shape index (κ3) is 4.46. The number of amides is 1. The maximum absolute atomic E-state index is 12.1. The Balaban J connectivity index is 2.73. The van der Waals surface area contributed by atoms with Gasteiger partial charge < -0.3 is 14.9 Å². The zero-order chi connectivity index (χ0) is 13.8. The van der Waals surface area contributed by atoms with Crippen LogP contribution in [0.4, 0.5) is 4.79 Å². The lowest BCUT2D eigenvalue weighted by molar-refractivity contribution is -0.0722. The van der Waals surface area contributed by atoms with Crippen LogP contribution in [0.25, 0.3) is 0 Å². The van der Waals surface area contributed by atoms with Gasteiger partial charge in [-0.15, -0.1) is 0 Å². The third-order valence-electron chi connectivity index (χ3n) is 3.06. The van der Waals surface area contributed by atoms with Crippen LogP contribution >= 0.6 is 0 Å². The molecule has 2 N–H and O–H groups in total. The monoisotopic (exact) mass is 259 g/mol. The summed E-state index contributed by atoms with van der Waals surface area (Å²) in [5.74, 6) is 0. The van der Waals surface area contributed by atoms with Gasteiger partial charge in [0.2, 0.25) is 0 Å². The number of rotatable bonds is 3. The Morgan fingerprint density at radius 2 is 1.89 bits per heavy atom. The van der Waals surface area contributed by atoms with Gasteiger partial charge in [0.25, 0.3) is 0 Å². The summed E-state index contributed by atoms with van der Waals surface area (Å²) in [5.41, 5.74) is -0.598. The van der Waals surface area contributed by atoms with Crippen LogP contribution < -0.4 is 0 Å². The van der Waals surface area contributed by atoms with Crippen LogP contribution in [0.1, 0.15) is 52.9 Å². The second kappa shape index (κ2) is 6.38. The van der Waals surface area contributed by atoms with Gasteiger partial charge in [-0.05, 0) is 33.6 Å². The van der Waals surface area contributed by atoms with E-state index in [1.165, 1.54) is 4.90 Å². The number of nitrogens with zero attached hydrogens (tertiary/aromatic N) is 1. The molecular weight excluding hydrogens is 234 g/mol. The predicted molar refractivity (Wildman–Crippen MR) is 68.0 cm³/mol. The summed E-state index contributed by atoms with van der Waals surface area (Å²) in [7, 11) is 0. The topological polar surface area (TPSA) is 70.0 Å². The van der Waals surface area contributed by atoms with Crippen molar-refractivity contribution in [3.8, 4) is 0 Å². The molecule has 1 amide bonds. The number of ether oxygens (including phenoxy) is 1. The summed E-state index contributed by atoms with van der Waals surface area (Å²) in [4.78, 5) is 13.4. The first kappa shape index (κ1) is 15.2. The van der Waals surface area contributed by atoms with E-state index in [0.717, 1.165) is 32.1 Å². The van der Waals surface area contributed by atoms with Crippen molar-refractivity contribution >= 4 is 6.09 Å². The van der Waals surface area contributed by atoms with Crippen LogP contribution in [0.2, 0.25) is 0 Å². The number of carbonyl (C=O) groups is 1. The molecular formula is C13H25NO4. The van der Waals surface area contributed by atoms with Gasteiger partial charge in [-0.3, -0.25) is 4.90 Å². The van der Waals surface area contributed by atoms with Gasteiger partial charge >= 0.3 is 6.09 Å². The van der Waals surface area contributed by atoms with Crippen LogP contribution in [0.5, 0.6) is 0 Å². The molecule has 0 aliphatic heterocycles. The molecule has 1 atom stereocenters. The lowest BCUT2D eigenvalue weighted by atomic mass is 9.94. The minimum Gasteiger partial charge on any atom is -0.444 e. The van der Waals surface area contributed by atoms with Gasteiger partial charge in [0.05, 0.1) is 6.61 Å². The molecule has 5 heteroatoms. The van der Waals surface area contributed by atoms with E-state index in [-0.39, 0.29) is 6.04 Å². The number of carbonyl (C=O) groups excluding carboxylic acids is 1. The predicted octanol–water partition coefficient (Wildman–Crippen LogP) is 1.87. The maximum Gasteiger partial charge on any atom is 0.412 e. The van der Waals surface area contributed by atoms with E-state index in [1.54, 1.807) is 20.8 Å². The normalized spacial score (nSPS) is 19.4. The van der Waals surface area contributed by atoms with Gasteiger partial charge in [-0.2, -0.15) is 0 Å². The van der Waals surface area contributed by atoms with Crippen molar-refractivity contribution < 1.29 is 19.7 Å². The lowest BCUT2D eigenvalue weighted by Gasteiger charge is -2.37. The van der Waals surface area contributed by atoms with E-state index >= 15 is 0 Å². The van der Waals surface area contributed by atoms with Crippen LogP contribution in [0, 0.1) is 0 Å². The largest absolute Gasteiger partial charge is 0.444 e. The molecule has 0 saturated heterocycles. The third-order valence-corrected chi connectivity index (χ3v) is 3.06. The molecule has 1 aliphatic carbocycles. The van der Waals surface area contributed by atoms with Crippen molar-refractivity contribution in [2.75, 3.05) is 6.61 Å². The van der Waals surface area contributed by atoms with E-state index in [4.69, 9.17) is 9.84 Å². The minimum atomic E-state index is -1.18. The molecule has 1 saturated carbocycles. The summed E-state index contributed by atoms with van der Waals surface area (Å²) < 4.78 is 5.29. The average Bonchev–Trinajstić information content (AvgIpc) is 2.28. The summed E-state index contributed by atoms with van der Waals surface area (Å²) in [6, 6.07) is -0.0317. The fourth-order valence-corrected chi connectivity index (χ4v) is 2.28. The van der Waals surface area contributed by atoms with E-state index in [0.29, 0.717) is 0 Å². The van der Waals surface area contributed by atoms with Crippen molar-refractivity contribution in [1.29, 1.82) is 0 Å². The van der Waals surface area contributed by atoms with Gasteiger partial charge in [0.1, 0.15) is 5.60 Å². The maximum atomic E-state index is 12.1. The lowest BCUT2D eigenvalue weighted by Crippen LogP contribution is -2.51. The van der Waals surface area contributed by atoms with Crippen molar-refractivity contribution in [2.24, 2.45) is 0 Å². The molecule has 0 aromatic rings. The van der Waals surface area contributed by atoms with Crippen molar-refractivity contribution in [1.82, 2.24) is 4.90 Å². The van der Waals surface area contributed by atoms with Gasteiger partial charge in [-0.1, -0.05) is 19.3 Å². The van der Waals surface area contributed by atoms with Gasteiger partial charge in [-0.25, -0.2) is 4.79 Å². The van der Waals surface area contributed by atoms with E-state index in [9.17, 15) is 9.90 Å². The zero-order valence-electron chi connectivity index (χ0n) is 11.6. The summed E-state index contributed by atoms with van der Waals surface area (Å²) in [6.07, 6.45) is 3.24. The Morgan fingerprint density at radius 1 is 1.33 bits per heavy atom. The highest BCUT2D eigenvalue weighted by Crippen LogP contribution is 2.25. The Labute approximate surface area is 109 Å². The van der Waals surface area contributed by atoms with E-state index in [1.807, 2.05) is 0 Å². The van der Waals surface area contributed by atoms with Crippen LogP contribution in [-0.4, -0.2) is 45.7 Å². The Morgan fingerprint density at radius 3 is 2.33 bits per heavy atom. The molecule has 0 aromatic heterocycles. The summed E-state index contributed by atoms with van der Waals surface area (Å²) >= 11 is 0. The summed E-state index contributed by atoms with van der Waals surface area (Å²) in [6.45, 7) is 4.90. The second-order valence-electron chi connectivity index (χ2n) is 5.84. The molecule has 1 aliphatic rings. The molecule has 18 heavy (non-hydrogen) atoms. The minimum absolute atomic E-state index is 0.0317. The molecule has 0 bridgehead atoms. The molecule has 1 rings (SSSR count). The highest BCUT2D eigenvalue weighted by atomic mass is 16.6. The quantitative estimate of drug-likeness (QED) is 0.759. The number of aliphatic hydroxyl groups is 2. The molecule has 0 heterocycles. The zero-order valence-corrected chi connectivity index (χ0v) is 11.6. The molecule has 0 aromatic carbocycles. The molecule has 0 radical (unpaired) electrons. The fourth-order valence-electron chi connectivity index (χ4n) is 2.28. The van der Waals surface area contributed by atoms with Gasteiger partial charge in [0.15, 0.2) is 6.23 Å². The molecule has 106 valence electrons. The first-order valence-corrected chi connectivity index (χ1v) is 6.65. The van der Waals surface area contributed by atoms with Crippen molar-refractivity contribution in [3.05, 3.63) is 0 Å². The Kier molecular flexibility index (Phi) is 5.41. The number of aliphatic hydroxyl groups excluding tert-OH is 2. The smallest absolute Gasteiger partial charge is 0.412 e. The van der Waals surface area contributed by atoms with Crippen molar-refractivity contribution in [3.63, 3.8) is 0 Å². The van der Waals surface area contributed by atoms with Gasteiger partial charge in [0, 0.05) is 6.04 Å². The molecule has 0 spiro atoms. The first-order valence-electron chi connectivity index (χ1n) is 6.65. The Hall–Kier alpha value is -0.810. The van der Waals surface area contributed by atoms with E-state index < -0.39 is 24.5 Å². The van der Waals surface area contributed by atoms with E-state index in [2.05, 4.69) is 0 Å².